The van der Waals surface area contributed by atoms with Gasteiger partial charge in [-0.05, 0) is 55.6 Å². The van der Waals surface area contributed by atoms with E-state index in [1.807, 2.05) is 6.20 Å². The van der Waals surface area contributed by atoms with Gasteiger partial charge in [-0.25, -0.2) is 0 Å². The number of hydrogen-bond acceptors (Lipinski definition) is 2. The van der Waals surface area contributed by atoms with E-state index in [0.717, 1.165) is 11.8 Å². The van der Waals surface area contributed by atoms with Crippen LogP contribution in [0.3, 0.4) is 0 Å². The van der Waals surface area contributed by atoms with Crippen molar-refractivity contribution in [2.75, 3.05) is 0 Å². The zero-order valence-corrected chi connectivity index (χ0v) is 11.5. The highest BCUT2D eigenvalue weighted by atomic mass is 15.0. The van der Waals surface area contributed by atoms with Crippen LogP contribution in [0.2, 0.25) is 0 Å². The molecule has 4 atom stereocenters. The van der Waals surface area contributed by atoms with Gasteiger partial charge in [-0.15, -0.1) is 0 Å². The molecular weight excluding hydrogens is 220 g/mol. The van der Waals surface area contributed by atoms with Crippen molar-refractivity contribution in [2.24, 2.45) is 11.8 Å². The molecule has 3 rings (SSSR count). The van der Waals surface area contributed by atoms with Gasteiger partial charge in [-0.3, -0.25) is 4.98 Å². The fraction of sp³-hybridized carbons (Fsp3) is 0.688. The number of rotatable bonds is 2. The van der Waals surface area contributed by atoms with Crippen LogP contribution in [0.5, 0.6) is 0 Å². The third-order valence-corrected chi connectivity index (χ3v) is 4.81. The van der Waals surface area contributed by atoms with Gasteiger partial charge in [0.15, 0.2) is 0 Å². The molecule has 0 radical (unpaired) electrons. The molecule has 2 aliphatic carbocycles. The number of nitrogens with one attached hydrogen (secondary N) is 1. The summed E-state index contributed by atoms with van der Waals surface area (Å²) in [6.45, 7) is 4.79. The molecule has 0 aromatic carbocycles. The molecule has 1 N–H and O–H groups in total. The van der Waals surface area contributed by atoms with E-state index in [1.54, 1.807) is 0 Å². The zero-order valence-electron chi connectivity index (χ0n) is 11.5. The highest BCUT2D eigenvalue weighted by molar-refractivity contribution is 5.28. The van der Waals surface area contributed by atoms with Crippen molar-refractivity contribution >= 4 is 0 Å². The van der Waals surface area contributed by atoms with E-state index in [9.17, 15) is 0 Å². The van der Waals surface area contributed by atoms with E-state index in [-0.39, 0.29) is 0 Å². The molecule has 4 unspecified atom stereocenters. The Hall–Kier alpha value is -0.890. The average Bonchev–Trinajstić information content (AvgIpc) is 2.76. The van der Waals surface area contributed by atoms with Crippen molar-refractivity contribution < 1.29 is 0 Å². The van der Waals surface area contributed by atoms with Gasteiger partial charge in [0.05, 0.1) is 11.7 Å². The monoisotopic (exact) mass is 244 g/mol. The molecule has 0 amide bonds. The average molecular weight is 244 g/mol. The van der Waals surface area contributed by atoms with Crippen molar-refractivity contribution in [3.63, 3.8) is 0 Å². The molecule has 98 valence electrons. The first kappa shape index (κ1) is 12.2. The summed E-state index contributed by atoms with van der Waals surface area (Å²) >= 11 is 0. The van der Waals surface area contributed by atoms with Gasteiger partial charge in [0.2, 0.25) is 0 Å². The minimum atomic E-state index is 0.502. The van der Waals surface area contributed by atoms with Crippen LogP contribution >= 0.6 is 0 Å². The first-order valence-electron chi connectivity index (χ1n) is 7.44. The number of pyridine rings is 1. The van der Waals surface area contributed by atoms with E-state index < -0.39 is 0 Å². The smallest absolute Gasteiger partial charge is 0.0605 e. The molecule has 2 nitrogen and oxygen atoms in total. The number of aromatic nitrogens is 1. The maximum absolute atomic E-state index is 4.58. The van der Waals surface area contributed by atoms with Gasteiger partial charge >= 0.3 is 0 Å². The summed E-state index contributed by atoms with van der Waals surface area (Å²) in [7, 11) is 0. The lowest BCUT2D eigenvalue weighted by molar-refractivity contribution is 0.212. The van der Waals surface area contributed by atoms with E-state index in [0.29, 0.717) is 12.1 Å². The van der Waals surface area contributed by atoms with E-state index in [2.05, 4.69) is 36.3 Å². The summed E-state index contributed by atoms with van der Waals surface area (Å²) in [6, 6.07) is 5.49. The lowest BCUT2D eigenvalue weighted by Crippen LogP contribution is -2.40. The third-order valence-electron chi connectivity index (χ3n) is 4.81. The van der Waals surface area contributed by atoms with Crippen molar-refractivity contribution in [1.29, 1.82) is 0 Å². The molecule has 1 heterocycles. The molecule has 1 aromatic heterocycles. The minimum absolute atomic E-state index is 0.502. The SMILES string of the molecule is CC1CCC(NC2CCc3cccnc32)C(C)C1. The molecular formula is C16H24N2. The molecule has 18 heavy (non-hydrogen) atoms. The summed E-state index contributed by atoms with van der Waals surface area (Å²) in [6.07, 6.45) is 8.44. The Morgan fingerprint density at radius 3 is 2.94 bits per heavy atom. The lowest BCUT2D eigenvalue weighted by Gasteiger charge is -2.35. The summed E-state index contributed by atoms with van der Waals surface area (Å²) < 4.78 is 0. The predicted molar refractivity (Wildman–Crippen MR) is 74.4 cm³/mol. The quantitative estimate of drug-likeness (QED) is 0.861. The number of hydrogen-bond donors (Lipinski definition) is 1. The molecule has 2 heteroatoms. The normalized spacial score (nSPS) is 35.4. The van der Waals surface area contributed by atoms with Gasteiger partial charge in [0, 0.05) is 12.2 Å². The second-order valence-electron chi connectivity index (χ2n) is 6.31. The molecule has 1 saturated carbocycles. The summed E-state index contributed by atoms with van der Waals surface area (Å²) in [5.74, 6) is 1.72. The van der Waals surface area contributed by atoms with Gasteiger partial charge in [0.25, 0.3) is 0 Å². The summed E-state index contributed by atoms with van der Waals surface area (Å²) in [4.78, 5) is 4.58. The van der Waals surface area contributed by atoms with Gasteiger partial charge in [-0.1, -0.05) is 19.9 Å². The van der Waals surface area contributed by atoms with Crippen LogP contribution in [0.25, 0.3) is 0 Å². The fourth-order valence-electron chi connectivity index (χ4n) is 3.75. The first-order chi connectivity index (χ1) is 8.74. The Kier molecular flexibility index (Phi) is 3.38. The molecule has 1 fully saturated rings. The lowest BCUT2D eigenvalue weighted by atomic mass is 9.79. The third kappa shape index (κ3) is 2.31. The highest BCUT2D eigenvalue weighted by Gasteiger charge is 2.30. The van der Waals surface area contributed by atoms with Crippen LogP contribution in [0.4, 0.5) is 0 Å². The standard InChI is InChI=1S/C16H24N2/c1-11-5-7-14(12(2)10-11)18-15-8-6-13-4-3-9-17-16(13)15/h3-4,9,11-12,14-15,18H,5-8,10H2,1-2H3. The van der Waals surface area contributed by atoms with Crippen molar-refractivity contribution in [3.8, 4) is 0 Å². The summed E-state index contributed by atoms with van der Waals surface area (Å²) in [5.41, 5.74) is 2.76. The first-order valence-corrected chi connectivity index (χ1v) is 7.44. The molecule has 0 saturated heterocycles. The Labute approximate surface area is 110 Å². The molecule has 0 spiro atoms. The maximum atomic E-state index is 4.58. The van der Waals surface area contributed by atoms with E-state index >= 15 is 0 Å². The molecule has 2 aliphatic rings. The van der Waals surface area contributed by atoms with Crippen LogP contribution in [-0.4, -0.2) is 11.0 Å². The minimum Gasteiger partial charge on any atom is -0.306 e. The Morgan fingerprint density at radius 2 is 2.11 bits per heavy atom. The molecule has 0 bridgehead atoms. The number of aryl methyl sites for hydroxylation is 1. The molecule has 1 aromatic rings. The zero-order chi connectivity index (χ0) is 12.5. The fourth-order valence-corrected chi connectivity index (χ4v) is 3.75. The van der Waals surface area contributed by atoms with Crippen molar-refractivity contribution in [1.82, 2.24) is 10.3 Å². The van der Waals surface area contributed by atoms with E-state index in [4.69, 9.17) is 0 Å². The largest absolute Gasteiger partial charge is 0.306 e. The predicted octanol–water partition coefficient (Wildman–Crippen LogP) is 3.48. The van der Waals surface area contributed by atoms with Crippen LogP contribution in [0.15, 0.2) is 18.3 Å². The van der Waals surface area contributed by atoms with Gasteiger partial charge < -0.3 is 5.32 Å². The van der Waals surface area contributed by atoms with Crippen LogP contribution < -0.4 is 5.32 Å². The summed E-state index contributed by atoms with van der Waals surface area (Å²) in [5, 5.41) is 3.88. The Bertz CT molecular complexity index is 415. The number of fused-ring (bicyclic) bond motifs is 1. The van der Waals surface area contributed by atoms with Gasteiger partial charge in [0.1, 0.15) is 0 Å². The van der Waals surface area contributed by atoms with Crippen molar-refractivity contribution in [2.45, 2.75) is 58.0 Å². The van der Waals surface area contributed by atoms with Crippen molar-refractivity contribution in [3.05, 3.63) is 29.6 Å². The topological polar surface area (TPSA) is 24.9 Å². The van der Waals surface area contributed by atoms with Gasteiger partial charge in [-0.2, -0.15) is 0 Å². The second kappa shape index (κ2) is 5.00. The van der Waals surface area contributed by atoms with E-state index in [1.165, 1.54) is 43.4 Å². The molecule has 0 aliphatic heterocycles. The number of nitrogens with zero attached hydrogens (tertiary/aromatic N) is 1. The highest BCUT2D eigenvalue weighted by Crippen LogP contribution is 2.34. The Morgan fingerprint density at radius 1 is 1.22 bits per heavy atom. The van der Waals surface area contributed by atoms with Crippen LogP contribution in [0.1, 0.15) is 56.8 Å². The van der Waals surface area contributed by atoms with Crippen LogP contribution in [0, 0.1) is 11.8 Å². The second-order valence-corrected chi connectivity index (χ2v) is 6.31. The Balaban J connectivity index is 1.68. The maximum Gasteiger partial charge on any atom is 0.0605 e. The van der Waals surface area contributed by atoms with Crippen LogP contribution in [-0.2, 0) is 6.42 Å².